The van der Waals surface area contributed by atoms with Gasteiger partial charge in [-0.05, 0) is 113 Å². The van der Waals surface area contributed by atoms with E-state index in [4.69, 9.17) is 8.37 Å². The van der Waals surface area contributed by atoms with Crippen LogP contribution in [0.4, 0.5) is 11.4 Å². The van der Waals surface area contributed by atoms with Crippen molar-refractivity contribution in [1.29, 1.82) is 0 Å². The summed E-state index contributed by atoms with van der Waals surface area (Å²) in [7, 11) is 1.22. The molecule has 0 bridgehead atoms. The molecule has 0 saturated heterocycles. The molecular weight excluding hydrogens is 553 g/mol. The summed E-state index contributed by atoms with van der Waals surface area (Å²) >= 11 is 0. The number of nitrogens with zero attached hydrogens (tertiary/aromatic N) is 2. The Morgan fingerprint density at radius 3 is 1.32 bits per heavy atom. The molecule has 0 unspecified atom stereocenters. The summed E-state index contributed by atoms with van der Waals surface area (Å²) in [5, 5.41) is 0. The molecule has 0 aliphatic rings. The molecule has 4 rings (SSSR count). The highest BCUT2D eigenvalue weighted by molar-refractivity contribution is 8.32. The minimum absolute atomic E-state index is 0.169. The van der Waals surface area contributed by atoms with Gasteiger partial charge in [-0.3, -0.25) is 3.63 Å². The van der Waals surface area contributed by atoms with Crippen molar-refractivity contribution in [3.63, 3.8) is 0 Å². The predicted octanol–water partition coefficient (Wildman–Crippen LogP) is 7.98. The van der Waals surface area contributed by atoms with Crippen LogP contribution in [0.15, 0.2) is 117 Å². The van der Waals surface area contributed by atoms with Crippen molar-refractivity contribution in [2.24, 2.45) is 0 Å². The predicted molar refractivity (Wildman–Crippen MR) is 172 cm³/mol. The number of benzene rings is 4. The molecule has 0 heterocycles. The molecule has 0 spiro atoms. The number of anilines is 2. The van der Waals surface area contributed by atoms with E-state index in [0.717, 1.165) is 31.6 Å². The van der Waals surface area contributed by atoms with E-state index >= 15 is 0 Å². The monoisotopic (exact) mass is 593 g/mol. The van der Waals surface area contributed by atoms with Gasteiger partial charge in [-0.1, -0.05) is 17.7 Å². The quantitative estimate of drug-likeness (QED) is 0.145. The molecule has 0 aliphatic carbocycles. The van der Waals surface area contributed by atoms with Gasteiger partial charge in [0.2, 0.25) is 0 Å². The largest absolute Gasteiger partial charge is 0.488 e. The summed E-state index contributed by atoms with van der Waals surface area (Å²) in [6.45, 7) is 7.93. The van der Waals surface area contributed by atoms with E-state index in [1.807, 2.05) is 138 Å². The smallest absolute Gasteiger partial charge is 0.422 e. The second kappa shape index (κ2) is 11.8. The van der Waals surface area contributed by atoms with Crippen LogP contribution in [0, 0.1) is 6.92 Å². The Kier molecular flexibility index (Phi) is 8.78. The number of ether oxygens (including phenoxy) is 1. The molecule has 0 radical (unpaired) electrons. The molecule has 0 aromatic heterocycles. The Morgan fingerprint density at radius 1 is 0.585 bits per heavy atom. The number of aryl methyl sites for hydroxylation is 1. The average Bonchev–Trinajstić information content (AvgIpc) is 2.92. The molecular formula is C33H41N2O4S2+. The van der Waals surface area contributed by atoms with Gasteiger partial charge in [-0.15, -0.1) is 8.42 Å². The molecule has 0 fully saturated rings. The molecule has 0 amide bonds. The van der Waals surface area contributed by atoms with Crippen LogP contribution in [0.1, 0.15) is 26.3 Å². The van der Waals surface area contributed by atoms with Gasteiger partial charge in [-0.2, -0.15) is 0 Å². The maximum atomic E-state index is 14.1. The van der Waals surface area contributed by atoms with E-state index in [9.17, 15) is 8.42 Å². The van der Waals surface area contributed by atoms with Crippen molar-refractivity contribution in [3.05, 3.63) is 103 Å². The Bertz CT molecular complexity index is 1510. The first-order valence-electron chi connectivity index (χ1n) is 13.4. The van der Waals surface area contributed by atoms with E-state index < -0.39 is 20.4 Å². The van der Waals surface area contributed by atoms with Crippen LogP contribution in [0.2, 0.25) is 0 Å². The summed E-state index contributed by atoms with van der Waals surface area (Å²) in [5.74, 6) is 0.710. The summed E-state index contributed by atoms with van der Waals surface area (Å²) < 4.78 is 39.2. The van der Waals surface area contributed by atoms with Gasteiger partial charge in [0.1, 0.15) is 16.2 Å². The molecule has 41 heavy (non-hydrogen) atoms. The van der Waals surface area contributed by atoms with Crippen molar-refractivity contribution in [2.45, 2.75) is 52.9 Å². The average molecular weight is 594 g/mol. The molecule has 0 saturated carbocycles. The van der Waals surface area contributed by atoms with Crippen molar-refractivity contribution in [1.82, 2.24) is 0 Å². The van der Waals surface area contributed by atoms with E-state index in [0.29, 0.717) is 5.75 Å². The van der Waals surface area contributed by atoms with Gasteiger partial charge in [0.05, 0.1) is 25.0 Å². The first-order valence-corrected chi connectivity index (χ1v) is 16.5. The van der Waals surface area contributed by atoms with Crippen molar-refractivity contribution >= 4 is 31.8 Å². The summed E-state index contributed by atoms with van der Waals surface area (Å²) in [4.78, 5) is 6.64. The van der Waals surface area contributed by atoms with Crippen molar-refractivity contribution in [2.75, 3.05) is 38.0 Å². The third kappa shape index (κ3) is 6.89. The second-order valence-electron chi connectivity index (χ2n) is 11.4. The molecule has 4 aromatic carbocycles. The molecule has 0 aliphatic heterocycles. The number of hydrogen-bond donors (Lipinski definition) is 0. The Labute approximate surface area is 247 Å². The lowest BCUT2D eigenvalue weighted by atomic mass is 10.2. The zero-order valence-corrected chi connectivity index (χ0v) is 26.8. The van der Waals surface area contributed by atoms with E-state index in [-0.39, 0.29) is 10.5 Å². The zero-order valence-electron chi connectivity index (χ0n) is 25.1. The van der Waals surface area contributed by atoms with Gasteiger partial charge >= 0.3 is 10.1 Å². The lowest BCUT2D eigenvalue weighted by Gasteiger charge is -2.35. The summed E-state index contributed by atoms with van der Waals surface area (Å²) in [6.07, 6.45) is 0. The minimum atomic E-state index is -4.06. The SMILES string of the molecule is Cc1ccc(S(=O)(=O)[OH+]S(c2ccc(OC(C)(C)C)cc2)(c2ccc(N(C)C)cc2)c2ccc(N(C)C)cc2)cc1. The summed E-state index contributed by atoms with van der Waals surface area (Å²) in [5.41, 5.74) is 2.64. The van der Waals surface area contributed by atoms with Crippen LogP contribution in [-0.4, -0.2) is 45.8 Å². The Hall–Kier alpha value is -3.46. The van der Waals surface area contributed by atoms with E-state index in [1.165, 1.54) is 0 Å². The Balaban J connectivity index is 2.00. The van der Waals surface area contributed by atoms with Crippen molar-refractivity contribution in [3.8, 4) is 5.75 Å². The summed E-state index contributed by atoms with van der Waals surface area (Å²) in [6, 6.07) is 30.6. The highest BCUT2D eigenvalue weighted by Crippen LogP contribution is 2.69. The minimum Gasteiger partial charge on any atom is -0.488 e. The zero-order chi connectivity index (χ0) is 30.0. The molecule has 4 aromatic rings. The lowest BCUT2D eigenvalue weighted by molar-refractivity contribution is 0.131. The maximum Gasteiger partial charge on any atom is 0.422 e. The van der Waals surface area contributed by atoms with Crippen LogP contribution in [0.25, 0.3) is 0 Å². The van der Waals surface area contributed by atoms with Gasteiger partial charge < -0.3 is 14.5 Å². The molecule has 218 valence electrons. The third-order valence-electron chi connectivity index (χ3n) is 6.51. The van der Waals surface area contributed by atoms with E-state index in [1.54, 1.807) is 24.3 Å². The second-order valence-corrected chi connectivity index (χ2v) is 16.0. The van der Waals surface area contributed by atoms with Gasteiger partial charge in [0.15, 0.2) is 0 Å². The molecule has 0 atom stereocenters. The maximum absolute atomic E-state index is 14.1. The number of rotatable bonds is 9. The van der Waals surface area contributed by atoms with Crippen molar-refractivity contribution < 1.29 is 16.8 Å². The first kappa shape index (κ1) is 30.5. The van der Waals surface area contributed by atoms with E-state index in [2.05, 4.69) is 0 Å². The van der Waals surface area contributed by atoms with Crippen LogP contribution >= 0.6 is 10.3 Å². The lowest BCUT2D eigenvalue weighted by Crippen LogP contribution is -2.23. The fraction of sp³-hybridized carbons (Fsp3) is 0.273. The van der Waals surface area contributed by atoms with Crippen LogP contribution in [-0.2, 0) is 10.1 Å². The first-order chi connectivity index (χ1) is 19.2. The highest BCUT2D eigenvalue weighted by Gasteiger charge is 2.43. The molecule has 6 nitrogen and oxygen atoms in total. The molecule has 8 heteroatoms. The fourth-order valence-corrected chi connectivity index (χ4v) is 9.82. The normalized spacial score (nSPS) is 12.6. The van der Waals surface area contributed by atoms with Crippen LogP contribution < -0.4 is 14.5 Å². The Morgan fingerprint density at radius 2 is 0.951 bits per heavy atom. The van der Waals surface area contributed by atoms with Gasteiger partial charge in [-0.25, -0.2) is 0 Å². The van der Waals surface area contributed by atoms with Gasteiger partial charge in [0, 0.05) is 39.6 Å². The number of hydrogen-bond acceptors (Lipinski definition) is 5. The standard InChI is InChI=1S/C33H40N2O4S2/c1-25-9-17-32(18-10-25)41(36,37)39-40(29-19-11-26(12-20-29)34(5)6,30-21-13-27(14-22-30)35(7)8)31-23-15-28(16-24-31)38-33(2,3)4/h9-24H,1-8H3/p+1. The third-order valence-corrected chi connectivity index (χ3v) is 11.9. The fourth-order valence-electron chi connectivity index (χ4n) is 4.38. The highest BCUT2D eigenvalue weighted by atomic mass is 32.3. The van der Waals surface area contributed by atoms with Crippen LogP contribution in [0.3, 0.4) is 0 Å². The van der Waals surface area contributed by atoms with Crippen LogP contribution in [0.5, 0.6) is 5.75 Å². The molecule has 1 N–H and O–H groups in total. The van der Waals surface area contributed by atoms with Gasteiger partial charge in [0.25, 0.3) is 0 Å². The topological polar surface area (TPSA) is 62.7 Å².